The van der Waals surface area contributed by atoms with E-state index in [0.29, 0.717) is 5.69 Å². The van der Waals surface area contributed by atoms with Gasteiger partial charge in [0.25, 0.3) is 0 Å². The maximum Gasteiger partial charge on any atom is 0.238 e. The van der Waals surface area contributed by atoms with E-state index in [0.717, 1.165) is 0 Å². The minimum Gasteiger partial charge on any atom is -0.316 e. The largest absolute Gasteiger partial charge is 0.316 e. The van der Waals surface area contributed by atoms with Crippen molar-refractivity contribution in [2.24, 2.45) is 5.14 Å². The van der Waals surface area contributed by atoms with Gasteiger partial charge in [0.15, 0.2) is 0 Å². The van der Waals surface area contributed by atoms with E-state index in [4.69, 9.17) is 5.14 Å². The molecule has 5 nitrogen and oxygen atoms in total. The van der Waals surface area contributed by atoms with Crippen LogP contribution >= 0.6 is 0 Å². The predicted octanol–water partition coefficient (Wildman–Crippen LogP) is 0.317. The van der Waals surface area contributed by atoms with Crippen LogP contribution in [0.25, 0.3) is 0 Å². The van der Waals surface area contributed by atoms with E-state index in [9.17, 15) is 13.2 Å². The molecular formula is C9H12N2O3S. The van der Waals surface area contributed by atoms with Crippen molar-refractivity contribution in [3.8, 4) is 0 Å². The van der Waals surface area contributed by atoms with Gasteiger partial charge in [-0.1, -0.05) is 0 Å². The van der Waals surface area contributed by atoms with E-state index in [1.54, 1.807) is 7.05 Å². The standard InChI is InChI=1S/C9H12N2O3S/c1-7(12)11(2)8-3-5-9(6-4-8)15(10,13)14/h3-6H,1-2H3,(H2,10,13,14). The SMILES string of the molecule is CC(=O)N(C)c1ccc(S(N)(=O)=O)cc1. The number of hydrogen-bond donors (Lipinski definition) is 1. The molecule has 1 amide bonds. The lowest BCUT2D eigenvalue weighted by molar-refractivity contribution is -0.116. The Labute approximate surface area is 88.5 Å². The van der Waals surface area contributed by atoms with Gasteiger partial charge in [-0.3, -0.25) is 4.79 Å². The molecule has 0 aliphatic heterocycles. The molecule has 0 atom stereocenters. The zero-order valence-electron chi connectivity index (χ0n) is 8.47. The number of benzene rings is 1. The Balaban J connectivity index is 3.06. The third kappa shape index (κ3) is 2.77. The minimum atomic E-state index is -3.67. The Kier molecular flexibility index (Phi) is 3.11. The molecule has 2 N–H and O–H groups in total. The fraction of sp³-hybridized carbons (Fsp3) is 0.222. The first kappa shape index (κ1) is 11.7. The zero-order chi connectivity index (χ0) is 11.6. The highest BCUT2D eigenvalue weighted by Crippen LogP contribution is 2.15. The van der Waals surface area contributed by atoms with Crippen LogP contribution in [0.2, 0.25) is 0 Å². The minimum absolute atomic E-state index is 0.0307. The fourth-order valence-corrected chi connectivity index (χ4v) is 1.56. The molecule has 0 heterocycles. The number of rotatable bonds is 2. The fourth-order valence-electron chi connectivity index (χ4n) is 1.04. The second kappa shape index (κ2) is 4.00. The van der Waals surface area contributed by atoms with Gasteiger partial charge in [-0.15, -0.1) is 0 Å². The van der Waals surface area contributed by atoms with E-state index in [1.165, 1.54) is 36.1 Å². The highest BCUT2D eigenvalue weighted by Gasteiger charge is 2.09. The van der Waals surface area contributed by atoms with Crippen LogP contribution in [0.4, 0.5) is 5.69 Å². The van der Waals surface area contributed by atoms with Gasteiger partial charge in [-0.05, 0) is 24.3 Å². The van der Waals surface area contributed by atoms with Crippen molar-refractivity contribution in [3.05, 3.63) is 24.3 Å². The molecule has 0 fully saturated rings. The molecule has 82 valence electrons. The molecule has 0 saturated carbocycles. The zero-order valence-corrected chi connectivity index (χ0v) is 9.28. The van der Waals surface area contributed by atoms with Crippen molar-refractivity contribution in [1.29, 1.82) is 0 Å². The Hall–Kier alpha value is -1.40. The molecule has 0 radical (unpaired) electrons. The van der Waals surface area contributed by atoms with Gasteiger partial charge in [0, 0.05) is 19.7 Å². The monoisotopic (exact) mass is 228 g/mol. The summed E-state index contributed by atoms with van der Waals surface area (Å²) in [5.74, 6) is -0.127. The molecule has 0 aliphatic carbocycles. The van der Waals surface area contributed by atoms with Crippen LogP contribution in [0, 0.1) is 0 Å². The smallest absolute Gasteiger partial charge is 0.238 e. The lowest BCUT2D eigenvalue weighted by Crippen LogP contribution is -2.22. The van der Waals surface area contributed by atoms with Crippen molar-refractivity contribution in [2.75, 3.05) is 11.9 Å². The number of anilines is 1. The van der Waals surface area contributed by atoms with Crippen LogP contribution in [0.3, 0.4) is 0 Å². The van der Waals surface area contributed by atoms with Gasteiger partial charge < -0.3 is 4.90 Å². The summed E-state index contributed by atoms with van der Waals surface area (Å²) in [6.07, 6.45) is 0. The average Bonchev–Trinajstić information content (AvgIpc) is 2.15. The van der Waals surface area contributed by atoms with Crippen LogP contribution in [0.5, 0.6) is 0 Å². The summed E-state index contributed by atoms with van der Waals surface area (Å²) >= 11 is 0. The molecule has 1 aromatic carbocycles. The quantitative estimate of drug-likeness (QED) is 0.791. The number of nitrogens with zero attached hydrogens (tertiary/aromatic N) is 1. The first-order valence-electron chi connectivity index (χ1n) is 4.19. The predicted molar refractivity (Wildman–Crippen MR) is 56.9 cm³/mol. The van der Waals surface area contributed by atoms with Crippen LogP contribution in [0.1, 0.15) is 6.92 Å². The molecule has 6 heteroatoms. The summed E-state index contributed by atoms with van der Waals surface area (Å²) in [4.78, 5) is 12.4. The summed E-state index contributed by atoms with van der Waals surface area (Å²) in [5.41, 5.74) is 0.620. The summed E-state index contributed by atoms with van der Waals surface area (Å²) < 4.78 is 21.9. The normalized spacial score (nSPS) is 11.1. The van der Waals surface area contributed by atoms with Crippen LogP contribution in [-0.2, 0) is 14.8 Å². The Morgan fingerprint density at radius 2 is 1.73 bits per heavy atom. The van der Waals surface area contributed by atoms with Crippen molar-refractivity contribution in [2.45, 2.75) is 11.8 Å². The molecule has 1 rings (SSSR count). The van der Waals surface area contributed by atoms with Crippen molar-refractivity contribution >= 4 is 21.6 Å². The second-order valence-corrected chi connectivity index (χ2v) is 4.68. The summed E-state index contributed by atoms with van der Waals surface area (Å²) in [6, 6.07) is 5.79. The lowest BCUT2D eigenvalue weighted by Gasteiger charge is -2.14. The summed E-state index contributed by atoms with van der Waals surface area (Å²) in [5, 5.41) is 4.93. The molecule has 15 heavy (non-hydrogen) atoms. The van der Waals surface area contributed by atoms with Gasteiger partial charge in [-0.25, -0.2) is 13.6 Å². The number of nitrogens with two attached hydrogens (primary N) is 1. The van der Waals surface area contributed by atoms with Crippen molar-refractivity contribution in [3.63, 3.8) is 0 Å². The number of primary sulfonamides is 1. The van der Waals surface area contributed by atoms with E-state index >= 15 is 0 Å². The van der Waals surface area contributed by atoms with Crippen LogP contribution < -0.4 is 10.0 Å². The third-order valence-electron chi connectivity index (χ3n) is 2.02. The molecule has 0 aromatic heterocycles. The first-order chi connectivity index (χ1) is 6.82. The van der Waals surface area contributed by atoms with E-state index in [-0.39, 0.29) is 10.8 Å². The number of carbonyl (C=O) groups is 1. The summed E-state index contributed by atoms with van der Waals surface area (Å²) in [7, 11) is -2.06. The van der Waals surface area contributed by atoms with Crippen molar-refractivity contribution in [1.82, 2.24) is 0 Å². The second-order valence-electron chi connectivity index (χ2n) is 3.12. The molecule has 0 unspecified atom stereocenters. The molecule has 0 bridgehead atoms. The lowest BCUT2D eigenvalue weighted by atomic mass is 10.3. The van der Waals surface area contributed by atoms with Gasteiger partial charge in [0.1, 0.15) is 0 Å². The molecular weight excluding hydrogens is 216 g/mol. The topological polar surface area (TPSA) is 80.5 Å². The van der Waals surface area contributed by atoms with E-state index in [2.05, 4.69) is 0 Å². The maximum absolute atomic E-state index is 11.0. The highest BCUT2D eigenvalue weighted by atomic mass is 32.2. The average molecular weight is 228 g/mol. The van der Waals surface area contributed by atoms with Gasteiger partial charge in [0.05, 0.1) is 4.90 Å². The Morgan fingerprint density at radius 1 is 1.27 bits per heavy atom. The van der Waals surface area contributed by atoms with Crippen LogP contribution in [-0.4, -0.2) is 21.4 Å². The number of carbonyl (C=O) groups excluding carboxylic acids is 1. The molecule has 0 aliphatic rings. The maximum atomic E-state index is 11.0. The highest BCUT2D eigenvalue weighted by molar-refractivity contribution is 7.89. The van der Waals surface area contributed by atoms with Crippen LogP contribution in [0.15, 0.2) is 29.2 Å². The van der Waals surface area contributed by atoms with Gasteiger partial charge >= 0.3 is 0 Å². The molecule has 0 spiro atoms. The van der Waals surface area contributed by atoms with Gasteiger partial charge in [-0.2, -0.15) is 0 Å². The van der Waals surface area contributed by atoms with E-state index in [1.807, 2.05) is 0 Å². The van der Waals surface area contributed by atoms with E-state index < -0.39 is 10.0 Å². The van der Waals surface area contributed by atoms with Gasteiger partial charge in [0.2, 0.25) is 15.9 Å². The summed E-state index contributed by atoms with van der Waals surface area (Å²) in [6.45, 7) is 1.42. The Bertz CT molecular complexity index is 465. The third-order valence-corrected chi connectivity index (χ3v) is 2.95. The number of sulfonamides is 1. The molecule has 0 saturated heterocycles. The van der Waals surface area contributed by atoms with Crippen molar-refractivity contribution < 1.29 is 13.2 Å². The number of hydrogen-bond acceptors (Lipinski definition) is 3. The first-order valence-corrected chi connectivity index (χ1v) is 5.74. The molecule has 1 aromatic rings. The Morgan fingerprint density at radius 3 is 2.07 bits per heavy atom. The number of amides is 1.